The molecule has 5 heteroatoms. The summed E-state index contributed by atoms with van der Waals surface area (Å²) < 4.78 is 0.789. The van der Waals surface area contributed by atoms with E-state index >= 15 is 0 Å². The van der Waals surface area contributed by atoms with Gasteiger partial charge in [0.15, 0.2) is 0 Å². The molecule has 1 fully saturated rings. The van der Waals surface area contributed by atoms with Gasteiger partial charge in [-0.3, -0.25) is 4.79 Å². The lowest BCUT2D eigenvalue weighted by molar-refractivity contribution is -0.123. The van der Waals surface area contributed by atoms with Gasteiger partial charge in [-0.1, -0.05) is 0 Å². The molecule has 0 aliphatic heterocycles. The van der Waals surface area contributed by atoms with Crippen molar-refractivity contribution in [2.45, 2.75) is 31.7 Å². The molecule has 0 saturated heterocycles. The van der Waals surface area contributed by atoms with E-state index in [-0.39, 0.29) is 5.91 Å². The zero-order valence-corrected chi connectivity index (χ0v) is 10.7. The van der Waals surface area contributed by atoms with Crippen LogP contribution in [0, 0.1) is 6.92 Å². The molecule has 0 aromatic carbocycles. The molecule has 1 aliphatic rings. The monoisotopic (exact) mass is 283 g/mol. The Bertz CT molecular complexity index is 429. The first kappa shape index (κ1) is 11.5. The first-order chi connectivity index (χ1) is 7.51. The van der Waals surface area contributed by atoms with Crippen molar-refractivity contribution in [2.24, 2.45) is 5.73 Å². The molecule has 1 aliphatic carbocycles. The average Bonchev–Trinajstić information content (AvgIpc) is 2.20. The highest BCUT2D eigenvalue weighted by molar-refractivity contribution is 9.10. The second-order valence-electron chi connectivity index (χ2n) is 4.30. The van der Waals surface area contributed by atoms with Gasteiger partial charge in [0, 0.05) is 0 Å². The van der Waals surface area contributed by atoms with E-state index in [2.05, 4.69) is 26.2 Å². The molecule has 3 N–H and O–H groups in total. The number of nitrogens with one attached hydrogen (secondary N) is 1. The van der Waals surface area contributed by atoms with Crippen LogP contribution in [0.2, 0.25) is 0 Å². The Morgan fingerprint density at radius 3 is 2.81 bits per heavy atom. The predicted molar refractivity (Wildman–Crippen MR) is 66.1 cm³/mol. The van der Waals surface area contributed by atoms with E-state index in [1.807, 2.05) is 13.0 Å². The third-order valence-corrected chi connectivity index (χ3v) is 3.80. The van der Waals surface area contributed by atoms with E-state index in [0.29, 0.717) is 5.69 Å². The molecule has 1 aromatic rings. The lowest BCUT2D eigenvalue weighted by Crippen LogP contribution is -2.56. The van der Waals surface area contributed by atoms with Gasteiger partial charge in [0.05, 0.1) is 17.4 Å². The largest absolute Gasteiger partial charge is 0.323 e. The lowest BCUT2D eigenvalue weighted by atomic mass is 9.77. The van der Waals surface area contributed by atoms with Crippen LogP contribution in [0.3, 0.4) is 0 Å². The van der Waals surface area contributed by atoms with Gasteiger partial charge in [0.1, 0.15) is 4.60 Å². The number of rotatable bonds is 2. The molecule has 4 nitrogen and oxygen atoms in total. The maximum Gasteiger partial charge on any atom is 0.244 e. The molecular formula is C11H14BrN3O. The minimum absolute atomic E-state index is 0.109. The number of nitrogens with two attached hydrogens (primary N) is 1. The van der Waals surface area contributed by atoms with Gasteiger partial charge in [0.2, 0.25) is 5.91 Å². The first-order valence-corrected chi connectivity index (χ1v) is 6.03. The number of anilines is 1. The lowest BCUT2D eigenvalue weighted by Gasteiger charge is -2.36. The topological polar surface area (TPSA) is 68.0 Å². The van der Waals surface area contributed by atoms with Crippen LogP contribution in [0.25, 0.3) is 0 Å². The molecule has 86 valence electrons. The van der Waals surface area contributed by atoms with Crippen LogP contribution in [-0.2, 0) is 4.79 Å². The Hall–Kier alpha value is -0.940. The fourth-order valence-electron chi connectivity index (χ4n) is 1.67. The Balaban J connectivity index is 2.09. The molecule has 0 unspecified atom stereocenters. The van der Waals surface area contributed by atoms with E-state index < -0.39 is 5.54 Å². The summed E-state index contributed by atoms with van der Waals surface area (Å²) in [6, 6.07) is 1.87. The fraction of sp³-hybridized carbons (Fsp3) is 0.455. The van der Waals surface area contributed by atoms with Crippen LogP contribution < -0.4 is 11.1 Å². The highest BCUT2D eigenvalue weighted by atomic mass is 79.9. The predicted octanol–water partition coefficient (Wildman–Crippen LogP) is 1.97. The van der Waals surface area contributed by atoms with Crippen molar-refractivity contribution in [3.63, 3.8) is 0 Å². The minimum atomic E-state index is -0.666. The second kappa shape index (κ2) is 4.14. The third-order valence-electron chi connectivity index (χ3n) is 2.97. The third kappa shape index (κ3) is 2.10. The highest BCUT2D eigenvalue weighted by Gasteiger charge is 2.40. The van der Waals surface area contributed by atoms with Crippen molar-refractivity contribution >= 4 is 27.5 Å². The SMILES string of the molecule is Cc1cc(NC(=O)C2(N)CCC2)cnc1Br. The van der Waals surface area contributed by atoms with Crippen molar-refractivity contribution in [3.05, 3.63) is 22.4 Å². The van der Waals surface area contributed by atoms with Crippen LogP contribution >= 0.6 is 15.9 Å². The van der Waals surface area contributed by atoms with Crippen molar-refractivity contribution in [1.82, 2.24) is 4.98 Å². The van der Waals surface area contributed by atoms with Crippen molar-refractivity contribution < 1.29 is 4.79 Å². The smallest absolute Gasteiger partial charge is 0.244 e. The Labute approximate surface area is 103 Å². The number of pyridine rings is 1. The van der Waals surface area contributed by atoms with Gasteiger partial charge in [-0.2, -0.15) is 0 Å². The number of hydrogen-bond acceptors (Lipinski definition) is 3. The summed E-state index contributed by atoms with van der Waals surface area (Å²) in [7, 11) is 0. The van der Waals surface area contributed by atoms with E-state index in [1.54, 1.807) is 6.20 Å². The van der Waals surface area contributed by atoms with Gasteiger partial charge in [-0.05, 0) is 53.7 Å². The summed E-state index contributed by atoms with van der Waals surface area (Å²) in [5, 5.41) is 2.81. The highest BCUT2D eigenvalue weighted by Crippen LogP contribution is 2.30. The molecular weight excluding hydrogens is 270 g/mol. The number of aromatic nitrogens is 1. The van der Waals surface area contributed by atoms with Gasteiger partial charge in [-0.15, -0.1) is 0 Å². The summed E-state index contributed by atoms with van der Waals surface area (Å²) in [5.74, 6) is -0.109. The van der Waals surface area contributed by atoms with Crippen LogP contribution in [-0.4, -0.2) is 16.4 Å². The van der Waals surface area contributed by atoms with E-state index in [0.717, 1.165) is 29.4 Å². The normalized spacial score (nSPS) is 17.7. The zero-order chi connectivity index (χ0) is 11.8. The quantitative estimate of drug-likeness (QED) is 0.816. The van der Waals surface area contributed by atoms with E-state index in [9.17, 15) is 4.79 Å². The van der Waals surface area contributed by atoms with Crippen molar-refractivity contribution in [2.75, 3.05) is 5.32 Å². The average molecular weight is 284 g/mol. The summed E-state index contributed by atoms with van der Waals surface area (Å²) in [4.78, 5) is 16.0. The molecule has 1 amide bonds. The van der Waals surface area contributed by atoms with Crippen molar-refractivity contribution in [3.8, 4) is 0 Å². The van der Waals surface area contributed by atoms with Gasteiger partial charge in [0.25, 0.3) is 0 Å². The molecule has 1 heterocycles. The van der Waals surface area contributed by atoms with Crippen LogP contribution in [0.5, 0.6) is 0 Å². The fourth-order valence-corrected chi connectivity index (χ4v) is 1.88. The summed E-state index contributed by atoms with van der Waals surface area (Å²) >= 11 is 3.31. The first-order valence-electron chi connectivity index (χ1n) is 5.24. The number of carbonyl (C=O) groups is 1. The molecule has 0 spiro atoms. The number of amides is 1. The van der Waals surface area contributed by atoms with Gasteiger partial charge < -0.3 is 11.1 Å². The number of hydrogen-bond donors (Lipinski definition) is 2. The minimum Gasteiger partial charge on any atom is -0.323 e. The Morgan fingerprint density at radius 1 is 1.62 bits per heavy atom. The van der Waals surface area contributed by atoms with Crippen LogP contribution in [0.4, 0.5) is 5.69 Å². The summed E-state index contributed by atoms with van der Waals surface area (Å²) in [5.41, 5.74) is 6.94. The zero-order valence-electron chi connectivity index (χ0n) is 9.09. The summed E-state index contributed by atoms with van der Waals surface area (Å²) in [6.07, 6.45) is 4.18. The van der Waals surface area contributed by atoms with Crippen LogP contribution in [0.1, 0.15) is 24.8 Å². The molecule has 1 saturated carbocycles. The number of aryl methyl sites for hydroxylation is 1. The van der Waals surface area contributed by atoms with Gasteiger partial charge in [-0.25, -0.2) is 4.98 Å². The second-order valence-corrected chi connectivity index (χ2v) is 5.05. The molecule has 0 atom stereocenters. The Morgan fingerprint density at radius 2 is 2.31 bits per heavy atom. The molecule has 1 aromatic heterocycles. The molecule has 16 heavy (non-hydrogen) atoms. The maximum absolute atomic E-state index is 11.8. The van der Waals surface area contributed by atoms with Crippen LogP contribution in [0.15, 0.2) is 16.9 Å². The van der Waals surface area contributed by atoms with Crippen molar-refractivity contribution in [1.29, 1.82) is 0 Å². The van der Waals surface area contributed by atoms with E-state index in [1.165, 1.54) is 0 Å². The molecule has 0 radical (unpaired) electrons. The number of nitrogens with zero attached hydrogens (tertiary/aromatic N) is 1. The number of halogens is 1. The standard InChI is InChI=1S/C11H14BrN3O/c1-7-5-8(6-14-9(7)12)15-10(16)11(13)3-2-4-11/h5-6H,2-4,13H2,1H3,(H,15,16). The summed E-state index contributed by atoms with van der Waals surface area (Å²) in [6.45, 7) is 1.92. The maximum atomic E-state index is 11.8. The van der Waals surface area contributed by atoms with Gasteiger partial charge >= 0.3 is 0 Å². The Kier molecular flexibility index (Phi) is 2.99. The molecule has 0 bridgehead atoms. The number of carbonyl (C=O) groups excluding carboxylic acids is 1. The molecule has 2 rings (SSSR count). The van der Waals surface area contributed by atoms with E-state index in [4.69, 9.17) is 5.73 Å².